The summed E-state index contributed by atoms with van der Waals surface area (Å²) in [6.07, 6.45) is 1.63. The first-order valence-electron chi connectivity index (χ1n) is 9.17. The van der Waals surface area contributed by atoms with Gasteiger partial charge in [-0.15, -0.1) is 0 Å². The molecule has 3 aromatic rings. The zero-order valence-electron chi connectivity index (χ0n) is 15.8. The van der Waals surface area contributed by atoms with E-state index in [1.165, 1.54) is 0 Å². The first-order valence-corrected chi connectivity index (χ1v) is 9.17. The number of nitrogens with zero attached hydrogens (tertiary/aromatic N) is 3. The quantitative estimate of drug-likeness (QED) is 0.710. The van der Waals surface area contributed by atoms with E-state index < -0.39 is 0 Å². The number of carbonyl (C=O) groups excluding carboxylic acids is 1. The van der Waals surface area contributed by atoms with Crippen molar-refractivity contribution in [2.45, 2.75) is 33.0 Å². The van der Waals surface area contributed by atoms with Crippen molar-refractivity contribution in [2.75, 3.05) is 13.1 Å². The van der Waals surface area contributed by atoms with E-state index >= 15 is 0 Å². The fourth-order valence-corrected chi connectivity index (χ4v) is 3.47. The summed E-state index contributed by atoms with van der Waals surface area (Å²) in [6.45, 7) is 7.14. The molecule has 0 spiro atoms. The highest BCUT2D eigenvalue weighted by Crippen LogP contribution is 2.24. The van der Waals surface area contributed by atoms with E-state index in [9.17, 15) is 4.79 Å². The fourth-order valence-electron chi connectivity index (χ4n) is 3.47. The Bertz CT molecular complexity index is 918. The van der Waals surface area contributed by atoms with Gasteiger partial charge in [-0.05, 0) is 45.0 Å². The molecule has 0 saturated carbocycles. The molecule has 1 amide bonds. The van der Waals surface area contributed by atoms with Crippen LogP contribution in [0.5, 0.6) is 0 Å². The molecule has 3 heterocycles. The molecule has 1 aliphatic rings. The Morgan fingerprint density at radius 2 is 1.81 bits per heavy atom. The average Bonchev–Trinajstić information content (AvgIpc) is 3.30. The third kappa shape index (κ3) is 3.53. The highest BCUT2D eigenvalue weighted by molar-refractivity contribution is 5.94. The maximum atomic E-state index is 13.3. The molecule has 2 atom stereocenters. The van der Waals surface area contributed by atoms with E-state index in [-0.39, 0.29) is 18.1 Å². The molecule has 0 bridgehead atoms. The van der Waals surface area contributed by atoms with Crippen LogP contribution in [0.3, 0.4) is 0 Å². The Kier molecular flexibility index (Phi) is 4.58. The van der Waals surface area contributed by atoms with Crippen LogP contribution in [0.4, 0.5) is 0 Å². The zero-order valence-corrected chi connectivity index (χ0v) is 15.8. The molecule has 1 aliphatic heterocycles. The van der Waals surface area contributed by atoms with Gasteiger partial charge >= 0.3 is 0 Å². The van der Waals surface area contributed by atoms with Gasteiger partial charge in [-0.1, -0.05) is 17.7 Å². The molecule has 0 aliphatic carbocycles. The number of carbonyl (C=O) groups is 1. The van der Waals surface area contributed by atoms with E-state index in [4.69, 9.17) is 9.15 Å². The number of hydrogen-bond acceptors (Lipinski definition) is 4. The smallest absolute Gasteiger partial charge is 0.272 e. The van der Waals surface area contributed by atoms with Crippen LogP contribution in [-0.4, -0.2) is 45.9 Å². The van der Waals surface area contributed by atoms with Crippen molar-refractivity contribution >= 4 is 5.91 Å². The van der Waals surface area contributed by atoms with Crippen molar-refractivity contribution < 1.29 is 13.9 Å². The van der Waals surface area contributed by atoms with Gasteiger partial charge < -0.3 is 14.1 Å². The molecule has 1 aromatic carbocycles. The number of rotatable bonds is 3. The van der Waals surface area contributed by atoms with Crippen molar-refractivity contribution in [3.8, 4) is 17.1 Å². The number of aromatic nitrogens is 2. The minimum Gasteiger partial charge on any atom is -0.463 e. The number of aryl methyl sites for hydroxylation is 1. The maximum absolute atomic E-state index is 13.3. The standard InChI is InChI=1S/C21H23N3O3/c1-14-6-8-17(9-7-14)24-19(11-18(22-24)20-5-4-10-26-20)21(25)23-12-15(2)27-16(3)13-23/h4-11,15-16H,12-13H2,1-3H3/t15-,16-/m1/s1. The summed E-state index contributed by atoms with van der Waals surface area (Å²) in [6, 6.07) is 13.4. The third-order valence-corrected chi connectivity index (χ3v) is 4.69. The van der Waals surface area contributed by atoms with Crippen LogP contribution in [0, 0.1) is 6.92 Å². The lowest BCUT2D eigenvalue weighted by Crippen LogP contribution is -2.48. The van der Waals surface area contributed by atoms with Gasteiger partial charge in [0.25, 0.3) is 5.91 Å². The van der Waals surface area contributed by atoms with Crippen molar-refractivity contribution in [3.63, 3.8) is 0 Å². The topological polar surface area (TPSA) is 60.5 Å². The van der Waals surface area contributed by atoms with Crippen LogP contribution in [0.15, 0.2) is 53.1 Å². The Hall–Kier alpha value is -2.86. The minimum atomic E-state index is -0.0529. The van der Waals surface area contributed by atoms with Gasteiger partial charge in [0.1, 0.15) is 11.4 Å². The van der Waals surface area contributed by atoms with Crippen LogP contribution in [0.1, 0.15) is 29.9 Å². The predicted octanol–water partition coefficient (Wildman–Crippen LogP) is 3.69. The molecule has 0 radical (unpaired) electrons. The number of benzene rings is 1. The monoisotopic (exact) mass is 365 g/mol. The maximum Gasteiger partial charge on any atom is 0.272 e. The summed E-state index contributed by atoms with van der Waals surface area (Å²) in [7, 11) is 0. The van der Waals surface area contributed by atoms with Crippen LogP contribution >= 0.6 is 0 Å². The Labute approximate surface area is 158 Å². The lowest BCUT2D eigenvalue weighted by atomic mass is 10.2. The molecule has 0 N–H and O–H groups in total. The fraction of sp³-hybridized carbons (Fsp3) is 0.333. The van der Waals surface area contributed by atoms with Crippen molar-refractivity contribution in [3.05, 3.63) is 60.0 Å². The van der Waals surface area contributed by atoms with Gasteiger partial charge in [0.05, 0.1) is 24.2 Å². The number of morpholine rings is 1. The van der Waals surface area contributed by atoms with Gasteiger partial charge in [-0.2, -0.15) is 5.10 Å². The van der Waals surface area contributed by atoms with E-state index in [1.54, 1.807) is 17.0 Å². The summed E-state index contributed by atoms with van der Waals surface area (Å²) < 4.78 is 12.9. The number of amides is 1. The largest absolute Gasteiger partial charge is 0.463 e. The molecule has 1 fully saturated rings. The van der Waals surface area contributed by atoms with Gasteiger partial charge in [0.15, 0.2) is 5.76 Å². The van der Waals surface area contributed by atoms with Crippen LogP contribution in [0.25, 0.3) is 17.1 Å². The molecule has 1 saturated heterocycles. The van der Waals surface area contributed by atoms with Gasteiger partial charge in [-0.25, -0.2) is 4.68 Å². The molecular formula is C21H23N3O3. The summed E-state index contributed by atoms with van der Waals surface area (Å²) in [5.41, 5.74) is 3.15. The molecule has 6 nitrogen and oxygen atoms in total. The molecule has 0 unspecified atom stereocenters. The van der Waals surface area contributed by atoms with Crippen molar-refractivity contribution in [2.24, 2.45) is 0 Å². The summed E-state index contributed by atoms with van der Waals surface area (Å²) in [4.78, 5) is 15.2. The summed E-state index contributed by atoms with van der Waals surface area (Å²) in [5.74, 6) is 0.585. The van der Waals surface area contributed by atoms with Crippen LogP contribution < -0.4 is 0 Å². The van der Waals surface area contributed by atoms with E-state index in [2.05, 4.69) is 5.10 Å². The number of furan rings is 1. The number of ether oxygens (including phenoxy) is 1. The van der Waals surface area contributed by atoms with E-state index in [1.807, 2.05) is 62.1 Å². The molecule has 27 heavy (non-hydrogen) atoms. The van der Waals surface area contributed by atoms with Gasteiger partial charge in [0, 0.05) is 19.2 Å². The van der Waals surface area contributed by atoms with Gasteiger partial charge in [0.2, 0.25) is 0 Å². The molecule has 6 heteroatoms. The second-order valence-electron chi connectivity index (χ2n) is 7.11. The summed E-state index contributed by atoms with van der Waals surface area (Å²) >= 11 is 0. The summed E-state index contributed by atoms with van der Waals surface area (Å²) in [5, 5.41) is 4.65. The van der Waals surface area contributed by atoms with Gasteiger partial charge in [-0.3, -0.25) is 4.79 Å². The van der Waals surface area contributed by atoms with Crippen LogP contribution in [-0.2, 0) is 4.74 Å². The molecule has 140 valence electrons. The molecule has 2 aromatic heterocycles. The zero-order chi connectivity index (χ0) is 19.0. The van der Waals surface area contributed by atoms with Crippen LogP contribution in [0.2, 0.25) is 0 Å². The lowest BCUT2D eigenvalue weighted by molar-refractivity contribution is -0.0588. The first kappa shape index (κ1) is 17.5. The minimum absolute atomic E-state index is 0.0120. The molecular weight excluding hydrogens is 342 g/mol. The second-order valence-corrected chi connectivity index (χ2v) is 7.11. The highest BCUT2D eigenvalue weighted by Gasteiger charge is 2.29. The Morgan fingerprint density at radius 3 is 2.44 bits per heavy atom. The first-order chi connectivity index (χ1) is 13.0. The van der Waals surface area contributed by atoms with E-state index in [0.29, 0.717) is 30.2 Å². The normalized spacial score (nSPS) is 20.0. The average molecular weight is 365 g/mol. The predicted molar refractivity (Wildman–Crippen MR) is 102 cm³/mol. The highest BCUT2D eigenvalue weighted by atomic mass is 16.5. The second kappa shape index (κ2) is 7.04. The van der Waals surface area contributed by atoms with Crippen molar-refractivity contribution in [1.29, 1.82) is 0 Å². The molecule has 4 rings (SSSR count). The van der Waals surface area contributed by atoms with E-state index in [0.717, 1.165) is 11.3 Å². The van der Waals surface area contributed by atoms with Crippen molar-refractivity contribution in [1.82, 2.24) is 14.7 Å². The third-order valence-electron chi connectivity index (χ3n) is 4.69. The lowest BCUT2D eigenvalue weighted by Gasteiger charge is -2.35. The SMILES string of the molecule is Cc1ccc(-n2nc(-c3ccco3)cc2C(=O)N2C[C@@H](C)O[C@H](C)C2)cc1. The number of hydrogen-bond donors (Lipinski definition) is 0. The Balaban J connectivity index is 1.76. The Morgan fingerprint density at radius 1 is 1.11 bits per heavy atom.